The predicted octanol–water partition coefficient (Wildman–Crippen LogP) is 3.73. The van der Waals surface area contributed by atoms with E-state index in [0.29, 0.717) is 30.0 Å². The smallest absolute Gasteiger partial charge is 0.342 e. The van der Waals surface area contributed by atoms with Crippen LogP contribution in [0.5, 0.6) is 0 Å². The molecular formula is C31H31N3O6. The minimum atomic E-state index is -2.14. The van der Waals surface area contributed by atoms with E-state index in [9.17, 15) is 19.2 Å². The molecule has 3 aromatic rings. The summed E-state index contributed by atoms with van der Waals surface area (Å²) >= 11 is 0. The number of nitrogens with one attached hydrogen (secondary N) is 1. The Morgan fingerprint density at radius 3 is 2.05 bits per heavy atom. The van der Waals surface area contributed by atoms with Gasteiger partial charge < -0.3 is 19.7 Å². The molecule has 206 valence electrons. The van der Waals surface area contributed by atoms with Crippen molar-refractivity contribution in [3.63, 3.8) is 0 Å². The highest BCUT2D eigenvalue weighted by Gasteiger charge is 2.74. The Balaban J connectivity index is 1.70. The standard InChI is InChI=1S/C31H31N3O6/c1-2-40-29(37)31(28(36)32-24-16-10-5-11-17-24)25(22-12-6-3-7-13-22)26(27(35)23-14-8-4-9-15-23)34(31)30(38)33-18-20-39-21-19-33/h3-17,25-26H,2,18-21H2,1H3,(H,32,36)/t25-,26+,31+/m1/s1. The Kier molecular flexibility index (Phi) is 7.93. The van der Waals surface area contributed by atoms with E-state index in [1.165, 1.54) is 4.90 Å². The number of amides is 3. The van der Waals surface area contributed by atoms with Crippen molar-refractivity contribution >= 4 is 29.4 Å². The number of para-hydroxylation sites is 1. The van der Waals surface area contributed by atoms with Crippen molar-refractivity contribution in [1.82, 2.24) is 9.80 Å². The molecule has 0 spiro atoms. The van der Waals surface area contributed by atoms with E-state index >= 15 is 0 Å². The van der Waals surface area contributed by atoms with Crippen molar-refractivity contribution in [2.75, 3.05) is 38.2 Å². The molecule has 5 rings (SSSR count). The summed E-state index contributed by atoms with van der Waals surface area (Å²) in [5.74, 6) is -3.02. The number of rotatable bonds is 7. The first-order valence-electron chi connectivity index (χ1n) is 13.3. The maximum atomic E-state index is 14.4. The molecule has 0 bridgehead atoms. The van der Waals surface area contributed by atoms with Gasteiger partial charge in [0.05, 0.1) is 25.7 Å². The molecule has 0 radical (unpaired) electrons. The molecule has 3 atom stereocenters. The van der Waals surface area contributed by atoms with Crippen molar-refractivity contribution in [1.29, 1.82) is 0 Å². The van der Waals surface area contributed by atoms with E-state index < -0.39 is 35.4 Å². The van der Waals surface area contributed by atoms with Gasteiger partial charge in [-0.15, -0.1) is 0 Å². The molecule has 2 aliphatic rings. The number of anilines is 1. The third-order valence-corrected chi connectivity index (χ3v) is 7.36. The molecule has 3 amide bonds. The third-order valence-electron chi connectivity index (χ3n) is 7.36. The Morgan fingerprint density at radius 2 is 1.45 bits per heavy atom. The van der Waals surface area contributed by atoms with Gasteiger partial charge in [-0.3, -0.25) is 14.5 Å². The lowest BCUT2D eigenvalue weighted by atomic mass is 9.62. The van der Waals surface area contributed by atoms with Gasteiger partial charge in [0.1, 0.15) is 6.04 Å². The number of nitrogens with zero attached hydrogens (tertiary/aromatic N) is 2. The summed E-state index contributed by atoms with van der Waals surface area (Å²) < 4.78 is 10.9. The molecule has 40 heavy (non-hydrogen) atoms. The Labute approximate surface area is 232 Å². The number of likely N-dealkylation sites (tertiary alicyclic amines) is 1. The fourth-order valence-corrected chi connectivity index (χ4v) is 5.52. The fraction of sp³-hybridized carbons (Fsp3) is 0.290. The van der Waals surface area contributed by atoms with E-state index in [-0.39, 0.29) is 25.5 Å². The third kappa shape index (κ3) is 4.73. The number of ether oxygens (including phenoxy) is 2. The van der Waals surface area contributed by atoms with E-state index in [4.69, 9.17) is 9.47 Å². The maximum absolute atomic E-state index is 14.4. The first kappa shape index (κ1) is 27.1. The molecule has 2 saturated heterocycles. The zero-order chi connectivity index (χ0) is 28.1. The number of hydrogen-bond acceptors (Lipinski definition) is 6. The first-order valence-corrected chi connectivity index (χ1v) is 13.3. The molecule has 0 unspecified atom stereocenters. The van der Waals surface area contributed by atoms with Crippen molar-refractivity contribution in [3.8, 4) is 0 Å². The Morgan fingerprint density at radius 1 is 0.875 bits per heavy atom. The van der Waals surface area contributed by atoms with Crippen molar-refractivity contribution in [3.05, 3.63) is 102 Å². The van der Waals surface area contributed by atoms with Gasteiger partial charge in [-0.1, -0.05) is 78.9 Å². The number of benzene rings is 3. The number of hydrogen-bond donors (Lipinski definition) is 1. The van der Waals surface area contributed by atoms with Crippen molar-refractivity contribution < 1.29 is 28.7 Å². The number of carbonyl (C=O) groups excluding carboxylic acids is 4. The van der Waals surface area contributed by atoms with Gasteiger partial charge >= 0.3 is 12.0 Å². The highest BCUT2D eigenvalue weighted by atomic mass is 16.5. The Bertz CT molecular complexity index is 1360. The minimum Gasteiger partial charge on any atom is -0.464 e. The molecular weight excluding hydrogens is 510 g/mol. The summed E-state index contributed by atoms with van der Waals surface area (Å²) in [7, 11) is 0. The van der Waals surface area contributed by atoms with Crippen molar-refractivity contribution in [2.45, 2.75) is 24.4 Å². The monoisotopic (exact) mass is 541 g/mol. The van der Waals surface area contributed by atoms with Gasteiger partial charge in [-0.2, -0.15) is 0 Å². The van der Waals surface area contributed by atoms with E-state index in [2.05, 4.69) is 5.32 Å². The largest absolute Gasteiger partial charge is 0.464 e. The van der Waals surface area contributed by atoms with Crippen LogP contribution in [0.1, 0.15) is 28.8 Å². The van der Waals surface area contributed by atoms with Crippen LogP contribution < -0.4 is 5.32 Å². The second kappa shape index (κ2) is 11.7. The number of morpholine rings is 1. The maximum Gasteiger partial charge on any atom is 0.342 e. The van der Waals surface area contributed by atoms with E-state index in [0.717, 1.165) is 4.90 Å². The zero-order valence-electron chi connectivity index (χ0n) is 22.2. The summed E-state index contributed by atoms with van der Waals surface area (Å²) in [6.07, 6.45) is 0. The van der Waals surface area contributed by atoms with Crippen LogP contribution in [0, 0.1) is 0 Å². The van der Waals surface area contributed by atoms with Crippen LogP contribution in [0.15, 0.2) is 91.0 Å². The van der Waals surface area contributed by atoms with Crippen LogP contribution in [-0.2, 0) is 19.1 Å². The topological polar surface area (TPSA) is 105 Å². The van der Waals surface area contributed by atoms with Gasteiger partial charge in [0.15, 0.2) is 5.78 Å². The minimum absolute atomic E-state index is 0.0163. The summed E-state index contributed by atoms with van der Waals surface area (Å²) in [5, 5.41) is 2.82. The van der Waals surface area contributed by atoms with Crippen LogP contribution in [-0.4, -0.2) is 78.0 Å². The summed E-state index contributed by atoms with van der Waals surface area (Å²) in [5.41, 5.74) is -0.759. The van der Waals surface area contributed by atoms with Crippen LogP contribution in [0.3, 0.4) is 0 Å². The summed E-state index contributed by atoms with van der Waals surface area (Å²) in [6, 6.07) is 24.4. The molecule has 3 aromatic carbocycles. The molecule has 0 aromatic heterocycles. The normalized spacial score (nSPS) is 22.1. The second-order valence-electron chi connectivity index (χ2n) is 9.62. The van der Waals surface area contributed by atoms with E-state index in [1.807, 2.05) is 6.07 Å². The molecule has 0 aliphatic carbocycles. The molecule has 2 heterocycles. The SMILES string of the molecule is CCOC(=O)[C@@]1(C(=O)Nc2ccccc2)[C@H](c2ccccc2)[C@@H](C(=O)c2ccccc2)N1C(=O)N1CCOCC1. The molecule has 9 nitrogen and oxygen atoms in total. The first-order chi connectivity index (χ1) is 19.5. The molecule has 9 heteroatoms. The number of ketones is 1. The number of Topliss-reactive ketones (excluding diaryl/α,β-unsaturated/α-hetero) is 1. The second-order valence-corrected chi connectivity index (χ2v) is 9.62. The lowest BCUT2D eigenvalue weighted by molar-refractivity contribution is -0.176. The average Bonchev–Trinajstić information content (AvgIpc) is 2.99. The average molecular weight is 542 g/mol. The van der Waals surface area contributed by atoms with Crippen LogP contribution >= 0.6 is 0 Å². The van der Waals surface area contributed by atoms with E-state index in [1.54, 1.807) is 91.9 Å². The molecule has 1 N–H and O–H groups in total. The quantitative estimate of drug-likeness (QED) is 0.278. The number of urea groups is 1. The highest BCUT2D eigenvalue weighted by Crippen LogP contribution is 2.52. The molecule has 0 saturated carbocycles. The molecule has 2 aliphatic heterocycles. The molecule has 2 fully saturated rings. The van der Waals surface area contributed by atoms with Gasteiger partial charge in [0.2, 0.25) is 5.54 Å². The lowest BCUT2D eigenvalue weighted by Gasteiger charge is -2.60. The summed E-state index contributed by atoms with van der Waals surface area (Å²) in [4.78, 5) is 59.4. The van der Waals surface area contributed by atoms with Crippen LogP contribution in [0.25, 0.3) is 0 Å². The summed E-state index contributed by atoms with van der Waals surface area (Å²) in [6.45, 7) is 2.76. The number of esters is 1. The predicted molar refractivity (Wildman–Crippen MR) is 148 cm³/mol. The van der Waals surface area contributed by atoms with Gasteiger partial charge in [-0.05, 0) is 24.6 Å². The Hall–Kier alpha value is -4.50. The number of carbonyl (C=O) groups is 4. The lowest BCUT2D eigenvalue weighted by Crippen LogP contribution is -2.83. The van der Waals surface area contributed by atoms with Gasteiger partial charge in [0, 0.05) is 24.3 Å². The van der Waals surface area contributed by atoms with Gasteiger partial charge in [-0.25, -0.2) is 9.59 Å². The fourth-order valence-electron chi connectivity index (χ4n) is 5.52. The van der Waals surface area contributed by atoms with Crippen LogP contribution in [0.4, 0.5) is 10.5 Å². The van der Waals surface area contributed by atoms with Gasteiger partial charge in [0.25, 0.3) is 5.91 Å². The highest BCUT2D eigenvalue weighted by molar-refractivity contribution is 6.20. The van der Waals surface area contributed by atoms with Crippen LogP contribution in [0.2, 0.25) is 0 Å². The van der Waals surface area contributed by atoms with Crippen molar-refractivity contribution in [2.24, 2.45) is 0 Å². The zero-order valence-corrected chi connectivity index (χ0v) is 22.2.